The van der Waals surface area contributed by atoms with Crippen molar-refractivity contribution in [1.29, 1.82) is 0 Å². The summed E-state index contributed by atoms with van der Waals surface area (Å²) < 4.78 is 7.75. The number of aromatic carboxylic acids is 1. The predicted octanol–water partition coefficient (Wildman–Crippen LogP) is 4.38. The van der Waals surface area contributed by atoms with Gasteiger partial charge >= 0.3 is 5.97 Å². The first-order valence-electron chi connectivity index (χ1n) is 8.96. The number of furan rings is 1. The molecule has 0 saturated carbocycles. The van der Waals surface area contributed by atoms with Crippen molar-refractivity contribution in [3.8, 4) is 11.3 Å². The van der Waals surface area contributed by atoms with Gasteiger partial charge in [-0.25, -0.2) is 14.2 Å². The molecule has 148 valence electrons. The fourth-order valence-electron chi connectivity index (χ4n) is 3.34. The molecule has 3 heterocycles. The Bertz CT molecular complexity index is 1580. The van der Waals surface area contributed by atoms with Gasteiger partial charge in [-0.2, -0.15) is 0 Å². The Balaban J connectivity index is 1.59. The van der Waals surface area contributed by atoms with Crippen LogP contribution in [-0.2, 0) is 0 Å². The van der Waals surface area contributed by atoms with Crippen molar-refractivity contribution >= 4 is 51.0 Å². The Morgan fingerprint density at radius 1 is 1.23 bits per heavy atom. The number of carboxylic acid groups (broad SMARTS) is 1. The number of benzene rings is 2. The van der Waals surface area contributed by atoms with E-state index in [1.807, 2.05) is 25.1 Å². The van der Waals surface area contributed by atoms with Gasteiger partial charge in [-0.05, 0) is 55.0 Å². The number of carboxylic acids is 1. The van der Waals surface area contributed by atoms with E-state index in [9.17, 15) is 14.7 Å². The summed E-state index contributed by atoms with van der Waals surface area (Å²) in [5.41, 5.74) is 3.79. The summed E-state index contributed by atoms with van der Waals surface area (Å²) in [6.45, 7) is 1.97. The molecule has 5 aromatic rings. The molecular weight excluding hydrogens is 424 g/mol. The molecule has 0 saturated heterocycles. The summed E-state index contributed by atoms with van der Waals surface area (Å²) in [5, 5.41) is 9.40. The first kappa shape index (κ1) is 18.6. The van der Waals surface area contributed by atoms with Gasteiger partial charge < -0.3 is 9.52 Å². The van der Waals surface area contributed by atoms with Gasteiger partial charge in [0.25, 0.3) is 5.56 Å². The van der Waals surface area contributed by atoms with Gasteiger partial charge in [-0.1, -0.05) is 29.0 Å². The average Bonchev–Trinajstić information content (AvgIpc) is 3.38. The van der Waals surface area contributed by atoms with Gasteiger partial charge in [0.2, 0.25) is 0 Å². The predicted molar refractivity (Wildman–Crippen MR) is 116 cm³/mol. The maximum absolute atomic E-state index is 12.9. The number of thiazole rings is 1. The van der Waals surface area contributed by atoms with Crippen LogP contribution in [0.1, 0.15) is 21.5 Å². The lowest BCUT2D eigenvalue weighted by atomic mass is 10.1. The minimum atomic E-state index is -1.11. The molecule has 0 aliphatic carbocycles. The number of fused-ring (bicyclic) bond motifs is 3. The maximum atomic E-state index is 12.9. The lowest BCUT2D eigenvalue weighted by Gasteiger charge is -2.01. The highest BCUT2D eigenvalue weighted by Gasteiger charge is 2.14. The number of aromatic nitrogens is 2. The molecule has 0 atom stereocenters. The quantitative estimate of drug-likeness (QED) is 0.453. The normalized spacial score (nSPS) is 12.3. The third-order valence-electron chi connectivity index (χ3n) is 4.79. The molecule has 2 aromatic carbocycles. The zero-order chi connectivity index (χ0) is 21.0. The molecule has 0 unspecified atom stereocenters. The van der Waals surface area contributed by atoms with Crippen LogP contribution in [0.25, 0.3) is 33.4 Å². The largest absolute Gasteiger partial charge is 0.478 e. The fraction of sp³-hybridized carbons (Fsp3) is 0.0455. The molecule has 0 spiro atoms. The number of halogens is 1. The fourth-order valence-corrected chi connectivity index (χ4v) is 4.53. The monoisotopic (exact) mass is 436 g/mol. The zero-order valence-corrected chi connectivity index (χ0v) is 17.1. The number of nitrogens with zero attached hydrogens (tertiary/aromatic N) is 2. The van der Waals surface area contributed by atoms with Crippen LogP contribution in [0, 0.1) is 6.92 Å². The number of carbonyl (C=O) groups is 1. The van der Waals surface area contributed by atoms with Crippen molar-refractivity contribution in [2.24, 2.45) is 0 Å². The minimum Gasteiger partial charge on any atom is -0.478 e. The van der Waals surface area contributed by atoms with Gasteiger partial charge in [-0.15, -0.1) is 0 Å². The molecule has 0 aliphatic heterocycles. The topological polar surface area (TPSA) is 84.8 Å². The van der Waals surface area contributed by atoms with Crippen LogP contribution in [0.4, 0.5) is 0 Å². The van der Waals surface area contributed by atoms with Crippen LogP contribution in [-0.4, -0.2) is 20.5 Å². The molecule has 0 aliphatic rings. The van der Waals surface area contributed by atoms with E-state index in [0.29, 0.717) is 26.4 Å². The summed E-state index contributed by atoms with van der Waals surface area (Å²) in [6, 6.07) is 12.2. The van der Waals surface area contributed by atoms with Crippen LogP contribution >= 0.6 is 22.9 Å². The third-order valence-corrected chi connectivity index (χ3v) is 6.09. The summed E-state index contributed by atoms with van der Waals surface area (Å²) in [4.78, 5) is 29.4. The lowest BCUT2D eigenvalue weighted by molar-refractivity contribution is 0.0697. The second-order valence-electron chi connectivity index (χ2n) is 6.88. The van der Waals surface area contributed by atoms with Crippen LogP contribution in [0.2, 0.25) is 5.02 Å². The van der Waals surface area contributed by atoms with E-state index in [2.05, 4.69) is 4.98 Å². The van der Waals surface area contributed by atoms with E-state index in [1.54, 1.807) is 22.6 Å². The SMILES string of the molecule is Cc1ccc2nc3s/c(=C/c4coc(-c5ccc(Cl)c(C(=O)O)c5)c4)c(=O)n3c2c1. The lowest BCUT2D eigenvalue weighted by Crippen LogP contribution is -2.22. The number of rotatable bonds is 3. The highest BCUT2D eigenvalue weighted by Crippen LogP contribution is 2.27. The molecule has 0 amide bonds. The van der Waals surface area contributed by atoms with Crippen molar-refractivity contribution in [2.45, 2.75) is 6.92 Å². The molecular formula is C22H13ClN2O4S. The summed E-state index contributed by atoms with van der Waals surface area (Å²) in [5.74, 6) is -0.629. The standard InChI is InChI=1S/C22H13ClN2O4S/c1-11-2-5-16-17(6-11)25-20(26)19(30-22(25)24-16)8-12-7-18(29-10-12)13-3-4-15(23)14(9-13)21(27)28/h2-10H,1H3,(H,27,28)/b19-8+. The average molecular weight is 437 g/mol. The second kappa shape index (κ2) is 6.83. The van der Waals surface area contributed by atoms with E-state index in [4.69, 9.17) is 16.0 Å². The number of imidazole rings is 1. The molecule has 6 nitrogen and oxygen atoms in total. The maximum Gasteiger partial charge on any atom is 0.337 e. The van der Waals surface area contributed by atoms with Crippen molar-refractivity contribution in [2.75, 3.05) is 0 Å². The zero-order valence-electron chi connectivity index (χ0n) is 15.5. The molecule has 1 N–H and O–H groups in total. The van der Waals surface area contributed by atoms with Crippen molar-refractivity contribution in [3.63, 3.8) is 0 Å². The van der Waals surface area contributed by atoms with Crippen LogP contribution in [0.5, 0.6) is 0 Å². The van der Waals surface area contributed by atoms with Gasteiger partial charge in [0.15, 0.2) is 4.96 Å². The van der Waals surface area contributed by atoms with Crippen LogP contribution in [0.3, 0.4) is 0 Å². The van der Waals surface area contributed by atoms with Gasteiger partial charge in [-0.3, -0.25) is 4.79 Å². The molecule has 0 radical (unpaired) electrons. The van der Waals surface area contributed by atoms with Gasteiger partial charge in [0.05, 0.1) is 32.4 Å². The van der Waals surface area contributed by atoms with E-state index >= 15 is 0 Å². The Morgan fingerprint density at radius 3 is 2.87 bits per heavy atom. The van der Waals surface area contributed by atoms with E-state index in [-0.39, 0.29) is 16.1 Å². The van der Waals surface area contributed by atoms with E-state index in [0.717, 1.165) is 16.6 Å². The first-order chi connectivity index (χ1) is 14.4. The minimum absolute atomic E-state index is 0.000377. The highest BCUT2D eigenvalue weighted by molar-refractivity contribution is 7.15. The van der Waals surface area contributed by atoms with E-state index in [1.165, 1.54) is 29.7 Å². The summed E-state index contributed by atoms with van der Waals surface area (Å²) in [7, 11) is 0. The summed E-state index contributed by atoms with van der Waals surface area (Å²) in [6.07, 6.45) is 3.26. The Hall–Kier alpha value is -3.42. The molecule has 0 bridgehead atoms. The number of hydrogen-bond acceptors (Lipinski definition) is 5. The van der Waals surface area contributed by atoms with Gasteiger partial charge in [0.1, 0.15) is 5.76 Å². The van der Waals surface area contributed by atoms with E-state index < -0.39 is 5.97 Å². The molecule has 8 heteroatoms. The van der Waals surface area contributed by atoms with Crippen LogP contribution < -0.4 is 10.1 Å². The highest BCUT2D eigenvalue weighted by atomic mass is 35.5. The van der Waals surface area contributed by atoms with Crippen molar-refractivity contribution in [1.82, 2.24) is 9.38 Å². The Kier molecular flexibility index (Phi) is 4.23. The Labute approximate surface area is 178 Å². The smallest absolute Gasteiger partial charge is 0.337 e. The second-order valence-corrected chi connectivity index (χ2v) is 8.30. The summed E-state index contributed by atoms with van der Waals surface area (Å²) >= 11 is 7.24. The molecule has 3 aromatic heterocycles. The molecule has 0 fully saturated rings. The van der Waals surface area contributed by atoms with Crippen LogP contribution in [0.15, 0.2) is 57.9 Å². The van der Waals surface area contributed by atoms with Gasteiger partial charge in [0, 0.05) is 11.1 Å². The first-order valence-corrected chi connectivity index (χ1v) is 10.2. The number of hydrogen-bond donors (Lipinski definition) is 1. The third kappa shape index (κ3) is 2.99. The molecule has 5 rings (SSSR count). The number of aryl methyl sites for hydroxylation is 1. The molecule has 30 heavy (non-hydrogen) atoms. The Morgan fingerprint density at radius 2 is 2.07 bits per heavy atom. The van der Waals surface area contributed by atoms with Crippen molar-refractivity contribution in [3.05, 3.63) is 85.3 Å². The van der Waals surface area contributed by atoms with Crippen molar-refractivity contribution < 1.29 is 14.3 Å².